The molecular weight excluding hydrogens is 946 g/mol. The number of hydrogen-bond donors (Lipinski definition) is 0. The van der Waals surface area contributed by atoms with Crippen LogP contribution >= 0.6 is 0 Å². The average molecular weight is 986 g/mol. The molecule has 0 aromatic heterocycles. The molecule has 0 amide bonds. The van der Waals surface area contributed by atoms with Crippen LogP contribution in [-0.2, 0) is 0 Å². The van der Waals surface area contributed by atoms with Gasteiger partial charge in [-0.1, -0.05) is 146 Å². The second-order valence-corrected chi connectivity index (χ2v) is 24.7. The van der Waals surface area contributed by atoms with Gasteiger partial charge in [0, 0.05) is 77.9 Å². The van der Waals surface area contributed by atoms with Gasteiger partial charge in [0.05, 0.1) is 34.7 Å². The van der Waals surface area contributed by atoms with Gasteiger partial charge in [0.15, 0.2) is 5.75 Å². The number of fused-ring (bicyclic) bond motifs is 11. The van der Waals surface area contributed by atoms with Crippen molar-refractivity contribution in [3.8, 4) is 16.9 Å². The number of nitrogens with zero attached hydrogens (tertiary/aromatic N) is 7. The number of hydrogen-bond acceptors (Lipinski definition) is 8. The predicted octanol–water partition coefficient (Wildman–Crippen LogP) is 14.9. The van der Waals surface area contributed by atoms with Crippen molar-refractivity contribution >= 4 is 127 Å². The molecule has 8 nitrogen and oxygen atoms in total. The molecule has 8 aliphatic heterocycles. The SMILES string of the molecule is C1=CC2C3C(=C1)N1B4N5C3=C(Oc3ccc6c(-c7ccc8c9c(cccc79)N7c9ccccc9N9c%10cccc%11cccc(c%10%11)N8[Si]97c7ccccc7)ccc(c6c35)N4c3cccc4cccc1c34)N2c1ccccc1. The zero-order chi connectivity index (χ0) is 48.9. The van der Waals surface area contributed by atoms with Crippen LogP contribution in [-0.4, -0.2) is 21.7 Å². The number of rotatable bonds is 3. The Kier molecular flexibility index (Phi) is 6.74. The van der Waals surface area contributed by atoms with Crippen molar-refractivity contribution in [2.45, 2.75) is 6.04 Å². The lowest BCUT2D eigenvalue weighted by Crippen LogP contribution is -2.79. The Bertz CT molecular complexity index is 4670. The molecule has 20 rings (SSSR count). The van der Waals surface area contributed by atoms with Crippen molar-refractivity contribution in [3.05, 3.63) is 248 Å². The van der Waals surface area contributed by atoms with Crippen molar-refractivity contribution in [2.24, 2.45) is 5.92 Å². The van der Waals surface area contributed by atoms with Gasteiger partial charge in [-0.15, -0.1) is 0 Å². The zero-order valence-corrected chi connectivity index (χ0v) is 41.7. The van der Waals surface area contributed by atoms with Crippen LogP contribution in [0.15, 0.2) is 248 Å². The summed E-state index contributed by atoms with van der Waals surface area (Å²) in [6.07, 6.45) is 7.01. The van der Waals surface area contributed by atoms with Crippen molar-refractivity contribution in [1.82, 2.24) is 0 Å². The molecule has 0 bridgehead atoms. The van der Waals surface area contributed by atoms with Crippen LogP contribution in [0.3, 0.4) is 0 Å². The van der Waals surface area contributed by atoms with Crippen molar-refractivity contribution in [3.63, 3.8) is 0 Å². The molecule has 352 valence electrons. The standard InChI is InChI=1S/C66H40BN7OSi/c1-3-19-41(20-4-1)68-49-26-14-29-52-63(49)65-66(68)75-58-38-35-46-44(33-36-53-62(46)64(58)71(65)67-69(52)50-27-9-15-39-16-10-28-51(59(39)50)70(53)67)43-34-37-57-61-45(43)23-13-32-56(61)73-48-25-8-7-24-47(48)72-54-30-11-17-40-18-12-31-55(60(40)54)74(57)76(72,73)42-21-5-2-6-22-42/h1-38,49,63H. The fraction of sp³-hybridized carbons (Fsp3) is 0.0303. The van der Waals surface area contributed by atoms with E-state index in [-0.39, 0.29) is 19.1 Å². The Hall–Kier alpha value is -9.64. The van der Waals surface area contributed by atoms with Crippen molar-refractivity contribution in [1.29, 1.82) is 0 Å². The van der Waals surface area contributed by atoms with Crippen LogP contribution in [0.4, 0.5) is 62.6 Å². The molecule has 76 heavy (non-hydrogen) atoms. The minimum Gasteiger partial charge on any atom is -0.437 e. The van der Waals surface area contributed by atoms with E-state index in [0.717, 1.165) is 23.0 Å². The number of para-hydroxylation sites is 3. The van der Waals surface area contributed by atoms with E-state index >= 15 is 0 Å². The first-order chi connectivity index (χ1) is 37.8. The quantitative estimate of drug-likeness (QED) is 0.162. The van der Waals surface area contributed by atoms with Gasteiger partial charge in [0.1, 0.15) is 0 Å². The number of benzene rings is 11. The Morgan fingerprint density at radius 2 is 0.961 bits per heavy atom. The van der Waals surface area contributed by atoms with Crippen LogP contribution in [0, 0.1) is 5.92 Å². The first-order valence-corrected chi connectivity index (χ1v) is 28.4. The van der Waals surface area contributed by atoms with Crippen LogP contribution in [0.1, 0.15) is 0 Å². The molecule has 1 fully saturated rings. The minimum atomic E-state index is -3.15. The lowest BCUT2D eigenvalue weighted by molar-refractivity contribution is 0.401. The summed E-state index contributed by atoms with van der Waals surface area (Å²) in [5.74, 6) is 1.84. The molecule has 0 N–H and O–H groups in total. The van der Waals surface area contributed by atoms with E-state index < -0.39 is 8.56 Å². The summed E-state index contributed by atoms with van der Waals surface area (Å²) in [6.45, 7) is 0. The van der Waals surface area contributed by atoms with Crippen molar-refractivity contribution < 1.29 is 4.74 Å². The van der Waals surface area contributed by atoms with E-state index in [1.165, 1.54) is 122 Å². The highest BCUT2D eigenvalue weighted by molar-refractivity contribution is 7.05. The number of anilines is 11. The monoisotopic (exact) mass is 985 g/mol. The van der Waals surface area contributed by atoms with Crippen LogP contribution in [0.5, 0.6) is 5.75 Å². The van der Waals surface area contributed by atoms with E-state index in [2.05, 4.69) is 264 Å². The summed E-state index contributed by atoms with van der Waals surface area (Å²) >= 11 is 0. The third-order valence-corrected chi connectivity index (χ3v) is 22.7. The lowest BCUT2D eigenvalue weighted by Gasteiger charge is -2.57. The molecule has 11 aromatic carbocycles. The Labute approximate surface area is 438 Å². The molecule has 8 heterocycles. The van der Waals surface area contributed by atoms with Gasteiger partial charge in [-0.05, 0) is 118 Å². The molecule has 3 unspecified atom stereocenters. The van der Waals surface area contributed by atoms with E-state index in [0.29, 0.717) is 0 Å². The highest BCUT2D eigenvalue weighted by Crippen LogP contribution is 2.66. The molecule has 9 aliphatic rings. The van der Waals surface area contributed by atoms with E-state index in [1.54, 1.807) is 0 Å². The molecule has 3 atom stereocenters. The lowest BCUT2D eigenvalue weighted by atomic mass is 9.66. The molecule has 0 radical (unpaired) electrons. The molecular formula is C66H40BN7OSi. The second-order valence-electron chi connectivity index (χ2n) is 21.5. The molecule has 1 aliphatic carbocycles. The summed E-state index contributed by atoms with van der Waals surface area (Å²) < 4.78 is 15.7. The summed E-state index contributed by atoms with van der Waals surface area (Å²) in [7, 11) is -3.34. The summed E-state index contributed by atoms with van der Waals surface area (Å²) in [6, 6.07) is 80.2. The van der Waals surface area contributed by atoms with Crippen LogP contribution < -0.4 is 43.0 Å². The maximum atomic E-state index is 7.43. The van der Waals surface area contributed by atoms with Crippen molar-refractivity contribution in [2.75, 3.05) is 33.0 Å². The molecule has 11 aromatic rings. The highest BCUT2D eigenvalue weighted by atomic mass is 28.4. The maximum absolute atomic E-state index is 7.43. The fourth-order valence-corrected chi connectivity index (χ4v) is 20.9. The summed E-state index contributed by atoms with van der Waals surface area (Å²) in [5, 5.41) is 11.3. The normalized spacial score (nSPS) is 20.6. The Morgan fingerprint density at radius 3 is 1.67 bits per heavy atom. The number of ether oxygens (including phenoxy) is 1. The van der Waals surface area contributed by atoms with E-state index in [1.807, 2.05) is 0 Å². The predicted molar refractivity (Wildman–Crippen MR) is 313 cm³/mol. The topological polar surface area (TPSA) is 31.9 Å². The molecule has 0 saturated carbocycles. The fourth-order valence-electron chi connectivity index (χ4n) is 15.7. The van der Waals surface area contributed by atoms with Crippen LogP contribution in [0.25, 0.3) is 54.2 Å². The van der Waals surface area contributed by atoms with Gasteiger partial charge in [-0.25, -0.2) is 0 Å². The Morgan fingerprint density at radius 1 is 0.421 bits per heavy atom. The van der Waals surface area contributed by atoms with Gasteiger partial charge in [0.2, 0.25) is 5.88 Å². The van der Waals surface area contributed by atoms with Gasteiger partial charge < -0.3 is 37.8 Å². The molecule has 10 heteroatoms. The third kappa shape index (κ3) is 4.19. The molecule has 0 spiro atoms. The van der Waals surface area contributed by atoms with E-state index in [4.69, 9.17) is 4.74 Å². The summed E-state index contributed by atoms with van der Waals surface area (Å²) in [4.78, 5) is 10.4. The largest absolute Gasteiger partial charge is 0.518 e. The van der Waals surface area contributed by atoms with Gasteiger partial charge >= 0.3 is 15.7 Å². The number of allylic oxidation sites excluding steroid dienone is 2. The van der Waals surface area contributed by atoms with Gasteiger partial charge in [-0.2, -0.15) is 0 Å². The Balaban J connectivity index is 0.873. The average Bonchev–Trinajstić information content (AvgIpc) is 4.19. The zero-order valence-electron chi connectivity index (χ0n) is 40.7. The first-order valence-electron chi connectivity index (χ1n) is 26.5. The highest BCUT2D eigenvalue weighted by Gasteiger charge is 2.67. The minimum absolute atomic E-state index is 0.0343. The van der Waals surface area contributed by atoms with Crippen LogP contribution in [0.2, 0.25) is 0 Å². The second kappa shape index (κ2) is 13.2. The third-order valence-electron chi connectivity index (χ3n) is 18.3. The summed E-state index contributed by atoms with van der Waals surface area (Å²) in [5.41, 5.74) is 18.4. The van der Waals surface area contributed by atoms with E-state index in [9.17, 15) is 0 Å². The first kappa shape index (κ1) is 38.9. The molecule has 1 saturated heterocycles. The smallest absolute Gasteiger partial charge is 0.437 e. The van der Waals surface area contributed by atoms with Gasteiger partial charge in [0.25, 0.3) is 0 Å². The van der Waals surface area contributed by atoms with Gasteiger partial charge in [-0.3, -0.25) is 0 Å². The maximum Gasteiger partial charge on any atom is 0.518 e.